The van der Waals surface area contributed by atoms with E-state index in [2.05, 4.69) is 46.7 Å². The van der Waals surface area contributed by atoms with E-state index < -0.39 is 11.7 Å². The lowest BCUT2D eigenvalue weighted by Gasteiger charge is -2.33. The van der Waals surface area contributed by atoms with E-state index >= 15 is 0 Å². The summed E-state index contributed by atoms with van der Waals surface area (Å²) in [6.07, 6.45) is 0.800. The lowest BCUT2D eigenvalue weighted by Crippen LogP contribution is -2.44. The summed E-state index contributed by atoms with van der Waals surface area (Å²) in [7, 11) is 0. The maximum Gasteiger partial charge on any atom is 0.407 e. The normalized spacial score (nSPS) is 15.7. The highest BCUT2D eigenvalue weighted by atomic mass is 16.6. The van der Waals surface area contributed by atoms with Crippen LogP contribution in [0.4, 0.5) is 4.79 Å². The summed E-state index contributed by atoms with van der Waals surface area (Å²) in [6, 6.07) is 8.80. The van der Waals surface area contributed by atoms with Crippen LogP contribution in [0.15, 0.2) is 24.3 Å². The zero-order valence-electron chi connectivity index (χ0n) is 16.3. The molecular formula is C20H31N3O3. The monoisotopic (exact) mass is 361 g/mol. The first kappa shape index (κ1) is 20.2. The third kappa shape index (κ3) is 6.67. The zero-order chi connectivity index (χ0) is 19.2. The van der Waals surface area contributed by atoms with E-state index in [1.54, 1.807) is 20.8 Å². The number of hydrogen-bond acceptors (Lipinski definition) is 4. The van der Waals surface area contributed by atoms with E-state index in [0.717, 1.165) is 19.5 Å². The van der Waals surface area contributed by atoms with Crippen LogP contribution in [-0.4, -0.2) is 48.2 Å². The van der Waals surface area contributed by atoms with Gasteiger partial charge in [-0.25, -0.2) is 4.79 Å². The van der Waals surface area contributed by atoms with E-state index in [1.807, 2.05) is 0 Å². The zero-order valence-corrected chi connectivity index (χ0v) is 16.3. The minimum Gasteiger partial charge on any atom is -0.444 e. The van der Waals surface area contributed by atoms with Crippen molar-refractivity contribution in [1.82, 2.24) is 15.5 Å². The van der Waals surface area contributed by atoms with Gasteiger partial charge in [0.05, 0.1) is 0 Å². The number of ether oxygens (including phenoxy) is 1. The Morgan fingerprint density at radius 3 is 2.58 bits per heavy atom. The van der Waals surface area contributed by atoms with Crippen molar-refractivity contribution in [3.8, 4) is 0 Å². The predicted octanol–water partition coefficient (Wildman–Crippen LogP) is 2.46. The van der Waals surface area contributed by atoms with Crippen molar-refractivity contribution in [2.75, 3.05) is 19.6 Å². The van der Waals surface area contributed by atoms with Gasteiger partial charge < -0.3 is 15.4 Å². The lowest BCUT2D eigenvalue weighted by atomic mass is 9.99. The minimum absolute atomic E-state index is 0.0645. The highest BCUT2D eigenvalue weighted by Crippen LogP contribution is 2.19. The summed E-state index contributed by atoms with van der Waals surface area (Å²) in [5, 5.41) is 5.55. The molecular weight excluding hydrogens is 330 g/mol. The molecule has 1 atom stereocenters. The first-order valence-electron chi connectivity index (χ1n) is 9.29. The molecule has 0 spiro atoms. The first-order valence-corrected chi connectivity index (χ1v) is 9.29. The van der Waals surface area contributed by atoms with Gasteiger partial charge in [-0.1, -0.05) is 24.3 Å². The summed E-state index contributed by atoms with van der Waals surface area (Å²) >= 11 is 0. The Hall–Kier alpha value is -2.08. The number of hydrogen-bond donors (Lipinski definition) is 2. The number of carbonyl (C=O) groups is 2. The number of nitrogens with zero attached hydrogens (tertiary/aromatic N) is 1. The maximum absolute atomic E-state index is 12.0. The van der Waals surface area contributed by atoms with Crippen molar-refractivity contribution in [3.63, 3.8) is 0 Å². The number of amides is 2. The van der Waals surface area contributed by atoms with Crippen molar-refractivity contribution >= 4 is 12.0 Å². The van der Waals surface area contributed by atoms with Crippen LogP contribution in [0.5, 0.6) is 0 Å². The van der Waals surface area contributed by atoms with E-state index in [9.17, 15) is 9.59 Å². The third-order valence-electron chi connectivity index (χ3n) is 4.40. The number of fused-ring (bicyclic) bond motifs is 1. The highest BCUT2D eigenvalue weighted by Gasteiger charge is 2.21. The third-order valence-corrected chi connectivity index (χ3v) is 4.40. The smallest absolute Gasteiger partial charge is 0.407 e. The summed E-state index contributed by atoms with van der Waals surface area (Å²) in [5.74, 6) is -0.0645. The standard InChI is InChI=1S/C20H31N3O3/c1-15(23-12-10-16-7-5-6-8-17(16)14-23)13-22-18(24)9-11-21-19(25)26-20(2,3)4/h5-8,15H,9-14H2,1-4H3,(H,21,25)(H,22,24). The van der Waals surface area contributed by atoms with Gasteiger partial charge in [0.1, 0.15) is 5.60 Å². The Bertz CT molecular complexity index is 625. The SMILES string of the molecule is CC(CNC(=O)CCNC(=O)OC(C)(C)C)N1CCc2ccccc2C1. The van der Waals surface area contributed by atoms with Crippen molar-refractivity contribution in [2.24, 2.45) is 0 Å². The van der Waals surface area contributed by atoms with Crippen molar-refractivity contribution < 1.29 is 14.3 Å². The molecule has 1 aliphatic rings. The molecule has 26 heavy (non-hydrogen) atoms. The Morgan fingerprint density at radius 2 is 1.88 bits per heavy atom. The Labute approximate surface area is 156 Å². The van der Waals surface area contributed by atoms with Crippen LogP contribution in [0.2, 0.25) is 0 Å². The summed E-state index contributed by atoms with van der Waals surface area (Å²) < 4.78 is 5.14. The van der Waals surface area contributed by atoms with Gasteiger partial charge in [0.15, 0.2) is 0 Å². The largest absolute Gasteiger partial charge is 0.444 e. The van der Waals surface area contributed by atoms with Gasteiger partial charge in [0.2, 0.25) is 5.91 Å². The van der Waals surface area contributed by atoms with E-state index in [4.69, 9.17) is 4.74 Å². The summed E-state index contributed by atoms with van der Waals surface area (Å²) in [5.41, 5.74) is 2.26. The number of benzene rings is 1. The van der Waals surface area contributed by atoms with Gasteiger partial charge >= 0.3 is 6.09 Å². The fraction of sp³-hybridized carbons (Fsp3) is 0.600. The lowest BCUT2D eigenvalue weighted by molar-refractivity contribution is -0.121. The van der Waals surface area contributed by atoms with E-state index in [0.29, 0.717) is 6.54 Å². The average Bonchev–Trinajstić information content (AvgIpc) is 2.57. The number of alkyl carbamates (subject to hydrolysis) is 1. The predicted molar refractivity (Wildman–Crippen MR) is 102 cm³/mol. The molecule has 0 bridgehead atoms. The molecule has 1 unspecified atom stereocenters. The fourth-order valence-electron chi connectivity index (χ4n) is 2.97. The molecule has 2 amide bonds. The van der Waals surface area contributed by atoms with Crippen LogP contribution in [0, 0.1) is 0 Å². The fourth-order valence-corrected chi connectivity index (χ4v) is 2.97. The van der Waals surface area contributed by atoms with Gasteiger partial charge in [0.25, 0.3) is 0 Å². The van der Waals surface area contributed by atoms with E-state index in [1.165, 1.54) is 11.1 Å². The Balaban J connectivity index is 1.65. The average molecular weight is 361 g/mol. The minimum atomic E-state index is -0.533. The molecule has 1 aromatic rings. The molecule has 0 saturated carbocycles. The van der Waals surface area contributed by atoms with Crippen molar-refractivity contribution in [1.29, 1.82) is 0 Å². The molecule has 0 aliphatic carbocycles. The highest BCUT2D eigenvalue weighted by molar-refractivity contribution is 5.77. The maximum atomic E-state index is 12.0. The summed E-state index contributed by atoms with van der Waals surface area (Å²) in [4.78, 5) is 25.9. The second-order valence-corrected chi connectivity index (χ2v) is 7.82. The van der Waals surface area contributed by atoms with Gasteiger partial charge in [-0.2, -0.15) is 0 Å². The van der Waals surface area contributed by atoms with Gasteiger partial charge in [0, 0.05) is 38.6 Å². The Kier molecular flexibility index (Phi) is 7.03. The van der Waals surface area contributed by atoms with Crippen LogP contribution < -0.4 is 10.6 Å². The second-order valence-electron chi connectivity index (χ2n) is 7.82. The van der Waals surface area contributed by atoms with Crippen LogP contribution in [-0.2, 0) is 22.5 Å². The molecule has 2 rings (SSSR count). The molecule has 144 valence electrons. The molecule has 0 saturated heterocycles. The topological polar surface area (TPSA) is 70.7 Å². The summed E-state index contributed by atoms with van der Waals surface area (Å²) in [6.45, 7) is 10.4. The molecule has 6 nitrogen and oxygen atoms in total. The van der Waals surface area contributed by atoms with Crippen molar-refractivity contribution in [2.45, 2.75) is 58.7 Å². The molecule has 0 fully saturated rings. The van der Waals surface area contributed by atoms with Crippen LogP contribution >= 0.6 is 0 Å². The molecule has 1 aliphatic heterocycles. The second kappa shape index (κ2) is 9.03. The number of carbonyl (C=O) groups excluding carboxylic acids is 2. The quantitative estimate of drug-likeness (QED) is 0.817. The molecule has 0 radical (unpaired) electrons. The molecule has 6 heteroatoms. The molecule has 1 aromatic carbocycles. The molecule has 2 N–H and O–H groups in total. The Morgan fingerprint density at radius 1 is 1.19 bits per heavy atom. The van der Waals surface area contributed by atoms with Gasteiger partial charge in [-0.05, 0) is 45.2 Å². The van der Waals surface area contributed by atoms with Crippen LogP contribution in [0.25, 0.3) is 0 Å². The molecule has 0 aromatic heterocycles. The number of rotatable bonds is 6. The first-order chi connectivity index (χ1) is 12.2. The van der Waals surface area contributed by atoms with Crippen LogP contribution in [0.3, 0.4) is 0 Å². The van der Waals surface area contributed by atoms with Gasteiger partial charge in [-0.15, -0.1) is 0 Å². The van der Waals surface area contributed by atoms with E-state index in [-0.39, 0.29) is 24.9 Å². The van der Waals surface area contributed by atoms with Crippen LogP contribution in [0.1, 0.15) is 45.2 Å². The van der Waals surface area contributed by atoms with Gasteiger partial charge in [-0.3, -0.25) is 9.69 Å². The van der Waals surface area contributed by atoms with Crippen molar-refractivity contribution in [3.05, 3.63) is 35.4 Å². The number of nitrogens with one attached hydrogen (secondary N) is 2. The molecule has 1 heterocycles.